The summed E-state index contributed by atoms with van der Waals surface area (Å²) in [7, 11) is -1.30. The second kappa shape index (κ2) is 5.14. The van der Waals surface area contributed by atoms with Crippen LogP contribution >= 0.6 is 0 Å². The molecule has 0 aromatic heterocycles. The van der Waals surface area contributed by atoms with Gasteiger partial charge in [-0.15, -0.1) is 0 Å². The van der Waals surface area contributed by atoms with Gasteiger partial charge in [0.1, 0.15) is 6.10 Å². The fourth-order valence-electron chi connectivity index (χ4n) is 1.87. The number of likely N-dealkylation sites (N-methyl/N-ethyl adjacent to an activating group) is 1. The van der Waals surface area contributed by atoms with E-state index in [2.05, 4.69) is 0 Å². The standard InChI is InChI=1S/C10H19NO4S/c1-4-15-8(2)10(12)11(3)9-5-6-16(13,14)7-9/h8-9H,4-7H2,1-3H3/t8-,9-/m1/s1. The summed E-state index contributed by atoms with van der Waals surface area (Å²) in [6.45, 7) is 3.99. The Morgan fingerprint density at radius 3 is 2.62 bits per heavy atom. The van der Waals surface area contributed by atoms with Gasteiger partial charge in [0.2, 0.25) is 0 Å². The molecule has 1 amide bonds. The molecule has 2 atom stereocenters. The van der Waals surface area contributed by atoms with Crippen LogP contribution in [0.5, 0.6) is 0 Å². The fraction of sp³-hybridized carbons (Fsp3) is 0.900. The first-order valence-corrected chi connectivity index (χ1v) is 7.28. The van der Waals surface area contributed by atoms with E-state index in [0.29, 0.717) is 13.0 Å². The van der Waals surface area contributed by atoms with Gasteiger partial charge in [0, 0.05) is 19.7 Å². The van der Waals surface area contributed by atoms with E-state index in [9.17, 15) is 13.2 Å². The van der Waals surface area contributed by atoms with Crippen LogP contribution in [-0.2, 0) is 19.4 Å². The molecule has 0 aromatic rings. The van der Waals surface area contributed by atoms with E-state index in [-0.39, 0.29) is 23.5 Å². The van der Waals surface area contributed by atoms with Crippen LogP contribution in [0.2, 0.25) is 0 Å². The van der Waals surface area contributed by atoms with Crippen molar-refractivity contribution in [2.45, 2.75) is 32.4 Å². The zero-order valence-corrected chi connectivity index (χ0v) is 10.8. The van der Waals surface area contributed by atoms with Crippen LogP contribution in [-0.4, -0.2) is 56.5 Å². The molecule has 16 heavy (non-hydrogen) atoms. The first-order chi connectivity index (χ1) is 7.37. The third kappa shape index (κ3) is 3.18. The Morgan fingerprint density at radius 1 is 1.56 bits per heavy atom. The first kappa shape index (κ1) is 13.4. The Hall–Kier alpha value is -0.620. The third-order valence-corrected chi connectivity index (χ3v) is 4.62. The lowest BCUT2D eigenvalue weighted by atomic mass is 10.2. The molecule has 0 N–H and O–H groups in total. The average molecular weight is 249 g/mol. The summed E-state index contributed by atoms with van der Waals surface area (Å²) in [5, 5.41) is 0. The van der Waals surface area contributed by atoms with Gasteiger partial charge in [0.25, 0.3) is 5.91 Å². The molecule has 6 heteroatoms. The molecule has 0 saturated carbocycles. The van der Waals surface area contributed by atoms with Crippen LogP contribution in [0.25, 0.3) is 0 Å². The lowest BCUT2D eigenvalue weighted by Gasteiger charge is -2.26. The number of hydrogen-bond donors (Lipinski definition) is 0. The van der Waals surface area contributed by atoms with E-state index >= 15 is 0 Å². The van der Waals surface area contributed by atoms with Gasteiger partial charge in [-0.25, -0.2) is 8.42 Å². The van der Waals surface area contributed by atoms with Gasteiger partial charge in [-0.05, 0) is 20.3 Å². The molecule has 94 valence electrons. The molecule has 5 nitrogen and oxygen atoms in total. The van der Waals surface area contributed by atoms with Crippen molar-refractivity contribution in [3.8, 4) is 0 Å². The highest BCUT2D eigenvalue weighted by molar-refractivity contribution is 7.91. The Labute approximate surface area is 96.7 Å². The van der Waals surface area contributed by atoms with Gasteiger partial charge in [-0.3, -0.25) is 4.79 Å². The van der Waals surface area contributed by atoms with E-state index in [0.717, 1.165) is 0 Å². The highest BCUT2D eigenvalue weighted by Crippen LogP contribution is 2.17. The molecule has 0 aromatic carbocycles. The fourth-order valence-corrected chi connectivity index (χ4v) is 3.64. The van der Waals surface area contributed by atoms with Crippen LogP contribution in [0, 0.1) is 0 Å². The van der Waals surface area contributed by atoms with E-state index in [1.165, 1.54) is 4.90 Å². The van der Waals surface area contributed by atoms with E-state index in [4.69, 9.17) is 4.74 Å². The van der Waals surface area contributed by atoms with Crippen LogP contribution in [0.3, 0.4) is 0 Å². The van der Waals surface area contributed by atoms with E-state index < -0.39 is 15.9 Å². The van der Waals surface area contributed by atoms with E-state index in [1.54, 1.807) is 14.0 Å². The highest BCUT2D eigenvalue weighted by Gasteiger charge is 2.34. The molecule has 0 bridgehead atoms. The van der Waals surface area contributed by atoms with Crippen LogP contribution in [0.4, 0.5) is 0 Å². The number of carbonyl (C=O) groups is 1. The van der Waals surface area contributed by atoms with Crippen molar-refractivity contribution in [2.24, 2.45) is 0 Å². The van der Waals surface area contributed by atoms with Gasteiger partial charge < -0.3 is 9.64 Å². The number of rotatable bonds is 4. The minimum Gasteiger partial charge on any atom is -0.369 e. The number of ether oxygens (including phenoxy) is 1. The predicted molar refractivity (Wildman–Crippen MR) is 60.9 cm³/mol. The Balaban J connectivity index is 2.58. The average Bonchev–Trinajstić information content (AvgIpc) is 2.57. The van der Waals surface area contributed by atoms with Crippen molar-refractivity contribution in [3.05, 3.63) is 0 Å². The van der Waals surface area contributed by atoms with Gasteiger partial charge in [0.15, 0.2) is 9.84 Å². The topological polar surface area (TPSA) is 63.7 Å². The SMILES string of the molecule is CCO[C@H](C)C(=O)N(C)[C@@H]1CCS(=O)(=O)C1. The maximum atomic E-state index is 11.8. The Kier molecular flexibility index (Phi) is 4.32. The Morgan fingerprint density at radius 2 is 2.19 bits per heavy atom. The normalized spacial score (nSPS) is 25.3. The highest BCUT2D eigenvalue weighted by atomic mass is 32.2. The first-order valence-electron chi connectivity index (χ1n) is 5.46. The predicted octanol–water partition coefficient (Wildman–Crippen LogP) is 0.0569. The maximum Gasteiger partial charge on any atom is 0.251 e. The number of amides is 1. The lowest BCUT2D eigenvalue weighted by molar-refractivity contribution is -0.142. The quantitative estimate of drug-likeness (QED) is 0.706. The minimum absolute atomic E-state index is 0.0775. The summed E-state index contributed by atoms with van der Waals surface area (Å²) in [4.78, 5) is 13.3. The van der Waals surface area contributed by atoms with Crippen LogP contribution in [0.15, 0.2) is 0 Å². The summed E-state index contributed by atoms with van der Waals surface area (Å²) >= 11 is 0. The molecule has 1 aliphatic rings. The second-order valence-corrected chi connectivity index (χ2v) is 6.33. The largest absolute Gasteiger partial charge is 0.369 e. The van der Waals surface area contributed by atoms with Crippen LogP contribution in [0.1, 0.15) is 20.3 Å². The summed E-state index contributed by atoms with van der Waals surface area (Å²) < 4.78 is 27.8. The van der Waals surface area contributed by atoms with Crippen molar-refractivity contribution in [1.29, 1.82) is 0 Å². The molecule has 0 spiro atoms. The summed E-state index contributed by atoms with van der Waals surface area (Å²) in [6, 6.07) is -0.194. The number of sulfone groups is 1. The molecule has 1 rings (SSSR count). The summed E-state index contributed by atoms with van der Waals surface area (Å²) in [6.07, 6.45) is 0.0296. The molecule has 0 radical (unpaired) electrons. The molecular formula is C10H19NO4S. The van der Waals surface area contributed by atoms with Gasteiger partial charge >= 0.3 is 0 Å². The van der Waals surface area contributed by atoms with Gasteiger partial charge in [-0.1, -0.05) is 0 Å². The maximum absolute atomic E-state index is 11.8. The van der Waals surface area contributed by atoms with Crippen molar-refractivity contribution in [2.75, 3.05) is 25.2 Å². The smallest absolute Gasteiger partial charge is 0.251 e. The molecule has 0 aliphatic carbocycles. The summed E-state index contributed by atoms with van der Waals surface area (Å²) in [5.74, 6) is 0.107. The van der Waals surface area contributed by atoms with Crippen molar-refractivity contribution in [3.63, 3.8) is 0 Å². The molecule has 1 heterocycles. The minimum atomic E-state index is -2.95. The van der Waals surface area contributed by atoms with Crippen molar-refractivity contribution >= 4 is 15.7 Å². The van der Waals surface area contributed by atoms with Crippen molar-refractivity contribution < 1.29 is 17.9 Å². The number of nitrogens with zero attached hydrogens (tertiary/aromatic N) is 1. The van der Waals surface area contributed by atoms with Gasteiger partial charge in [-0.2, -0.15) is 0 Å². The number of carbonyl (C=O) groups excluding carboxylic acids is 1. The lowest BCUT2D eigenvalue weighted by Crippen LogP contribution is -2.43. The molecule has 1 fully saturated rings. The Bertz CT molecular complexity index is 352. The zero-order valence-electron chi connectivity index (χ0n) is 9.97. The van der Waals surface area contributed by atoms with Gasteiger partial charge in [0.05, 0.1) is 11.5 Å². The number of hydrogen-bond acceptors (Lipinski definition) is 4. The zero-order chi connectivity index (χ0) is 12.3. The third-order valence-electron chi connectivity index (χ3n) is 2.87. The van der Waals surface area contributed by atoms with Crippen LogP contribution < -0.4 is 0 Å². The monoisotopic (exact) mass is 249 g/mol. The molecular weight excluding hydrogens is 230 g/mol. The molecule has 1 aliphatic heterocycles. The molecule has 0 unspecified atom stereocenters. The second-order valence-electron chi connectivity index (χ2n) is 4.10. The van der Waals surface area contributed by atoms with E-state index in [1.807, 2.05) is 6.92 Å². The van der Waals surface area contributed by atoms with Crippen molar-refractivity contribution in [1.82, 2.24) is 4.90 Å². The summed E-state index contributed by atoms with van der Waals surface area (Å²) in [5.41, 5.74) is 0. The molecule has 1 saturated heterocycles.